The molecule has 3 amide bonds. The molecule has 2 aromatic carbocycles. The number of nitrogens with zero attached hydrogens (tertiary/aromatic N) is 2. The average Bonchev–Trinajstić information content (AvgIpc) is 3.60. The van der Waals surface area contributed by atoms with Crippen molar-refractivity contribution in [2.24, 2.45) is 0 Å². The van der Waals surface area contributed by atoms with Crippen LogP contribution in [0.25, 0.3) is 0 Å². The van der Waals surface area contributed by atoms with E-state index in [9.17, 15) is 14.4 Å². The summed E-state index contributed by atoms with van der Waals surface area (Å²) in [5.41, 5.74) is 2.12. The second kappa shape index (κ2) is 9.29. The van der Waals surface area contributed by atoms with Crippen molar-refractivity contribution in [3.8, 4) is 0 Å². The predicted octanol–water partition coefficient (Wildman–Crippen LogP) is 4.11. The first-order chi connectivity index (χ1) is 16.1. The molecule has 1 unspecified atom stereocenters. The summed E-state index contributed by atoms with van der Waals surface area (Å²) in [4.78, 5) is 43.2. The Kier molecular flexibility index (Phi) is 6.07. The molecule has 1 saturated heterocycles. The van der Waals surface area contributed by atoms with E-state index in [0.29, 0.717) is 23.2 Å². The van der Waals surface area contributed by atoms with Crippen molar-refractivity contribution in [2.45, 2.75) is 25.4 Å². The number of benzene rings is 2. The van der Waals surface area contributed by atoms with Crippen molar-refractivity contribution in [2.75, 3.05) is 19.6 Å². The Hall–Kier alpha value is -3.29. The first-order valence-corrected chi connectivity index (χ1v) is 12.1. The predicted molar refractivity (Wildman–Crippen MR) is 127 cm³/mol. The molecular weight excluding hydrogens is 434 g/mol. The Morgan fingerprint density at radius 1 is 0.939 bits per heavy atom. The second-order valence-corrected chi connectivity index (χ2v) is 9.41. The van der Waals surface area contributed by atoms with Crippen LogP contribution in [0.15, 0.2) is 66.0 Å². The van der Waals surface area contributed by atoms with E-state index in [2.05, 4.69) is 21.7 Å². The van der Waals surface area contributed by atoms with Gasteiger partial charge in [0.2, 0.25) is 0 Å². The fourth-order valence-electron chi connectivity index (χ4n) is 4.61. The number of hydrogen-bond acceptors (Lipinski definition) is 5. The number of thiophene rings is 1. The van der Waals surface area contributed by atoms with E-state index in [1.807, 2.05) is 12.1 Å². The van der Waals surface area contributed by atoms with Gasteiger partial charge in [0.1, 0.15) is 0 Å². The lowest BCUT2D eigenvalue weighted by Crippen LogP contribution is -2.36. The second-order valence-electron chi connectivity index (χ2n) is 8.43. The maximum Gasteiger partial charge on any atom is 0.261 e. The van der Waals surface area contributed by atoms with Crippen LogP contribution in [-0.4, -0.2) is 47.2 Å². The standard InChI is InChI=1S/C26H25N3O3S/c30-24(27-16-22(23-11-6-14-33-23)28-12-3-4-13-28)19-8-5-7-18(15-19)17-29-25(31)20-9-1-2-10-21(20)26(29)32/h1-2,5-11,14-15,22H,3-4,12-13,16-17H2,(H,27,30). The molecule has 3 aromatic rings. The largest absolute Gasteiger partial charge is 0.350 e. The van der Waals surface area contributed by atoms with Crippen molar-refractivity contribution >= 4 is 29.1 Å². The van der Waals surface area contributed by atoms with Crippen LogP contribution in [0.3, 0.4) is 0 Å². The van der Waals surface area contributed by atoms with Crippen LogP contribution in [0, 0.1) is 0 Å². The third-order valence-corrected chi connectivity index (χ3v) is 7.29. The van der Waals surface area contributed by atoms with Gasteiger partial charge >= 0.3 is 0 Å². The lowest BCUT2D eigenvalue weighted by molar-refractivity contribution is 0.0642. The van der Waals surface area contributed by atoms with E-state index in [1.54, 1.807) is 53.8 Å². The van der Waals surface area contributed by atoms with E-state index < -0.39 is 0 Å². The summed E-state index contributed by atoms with van der Waals surface area (Å²) >= 11 is 1.72. The van der Waals surface area contributed by atoms with E-state index in [4.69, 9.17) is 0 Å². The lowest BCUT2D eigenvalue weighted by atomic mass is 10.1. The third kappa shape index (κ3) is 4.34. The van der Waals surface area contributed by atoms with Gasteiger partial charge in [-0.05, 0) is 67.2 Å². The molecule has 0 spiro atoms. The first kappa shape index (κ1) is 21.6. The molecule has 0 saturated carbocycles. The number of nitrogens with one attached hydrogen (secondary N) is 1. The average molecular weight is 460 g/mol. The number of amides is 3. The molecule has 168 valence electrons. The molecule has 0 bridgehead atoms. The highest BCUT2D eigenvalue weighted by molar-refractivity contribution is 7.10. The highest BCUT2D eigenvalue weighted by Gasteiger charge is 2.35. The van der Waals surface area contributed by atoms with Gasteiger partial charge in [0.05, 0.1) is 23.7 Å². The third-order valence-electron chi connectivity index (χ3n) is 6.32. The maximum atomic E-state index is 13.0. The van der Waals surface area contributed by atoms with E-state index >= 15 is 0 Å². The van der Waals surface area contributed by atoms with E-state index in [1.165, 1.54) is 22.6 Å². The number of rotatable bonds is 7. The van der Waals surface area contributed by atoms with Crippen LogP contribution in [0.1, 0.15) is 60.4 Å². The topological polar surface area (TPSA) is 69.7 Å². The van der Waals surface area contributed by atoms with Gasteiger partial charge in [-0.25, -0.2) is 0 Å². The summed E-state index contributed by atoms with van der Waals surface area (Å²) in [5.74, 6) is -0.746. The molecule has 7 heteroatoms. The van der Waals surface area contributed by atoms with Crippen LogP contribution in [0.5, 0.6) is 0 Å². The minimum Gasteiger partial charge on any atom is -0.350 e. The lowest BCUT2D eigenvalue weighted by Gasteiger charge is -2.27. The smallest absolute Gasteiger partial charge is 0.261 e. The van der Waals surface area contributed by atoms with E-state index in [0.717, 1.165) is 18.7 Å². The summed E-state index contributed by atoms with van der Waals surface area (Å²) in [5, 5.41) is 5.17. The fraction of sp³-hybridized carbons (Fsp3) is 0.269. The normalized spacial score (nSPS) is 16.8. The maximum absolute atomic E-state index is 13.0. The molecule has 33 heavy (non-hydrogen) atoms. The van der Waals surface area contributed by atoms with Gasteiger partial charge < -0.3 is 5.32 Å². The van der Waals surface area contributed by atoms with Crippen molar-refractivity contribution < 1.29 is 14.4 Å². The van der Waals surface area contributed by atoms with Gasteiger partial charge in [0.25, 0.3) is 17.7 Å². The van der Waals surface area contributed by atoms with Gasteiger partial charge in [0.15, 0.2) is 0 Å². The zero-order chi connectivity index (χ0) is 22.8. The molecule has 5 rings (SSSR count). The van der Waals surface area contributed by atoms with Gasteiger partial charge in [-0.1, -0.05) is 30.3 Å². The van der Waals surface area contributed by atoms with Crippen molar-refractivity contribution in [1.29, 1.82) is 0 Å². The molecule has 1 atom stereocenters. The Labute approximate surface area is 196 Å². The number of carbonyl (C=O) groups is 3. The van der Waals surface area contributed by atoms with Crippen molar-refractivity contribution in [3.05, 3.63) is 93.2 Å². The van der Waals surface area contributed by atoms with Gasteiger partial charge in [-0.2, -0.15) is 0 Å². The van der Waals surface area contributed by atoms with Gasteiger partial charge in [-0.15, -0.1) is 11.3 Å². The monoisotopic (exact) mass is 459 g/mol. The summed E-state index contributed by atoms with van der Waals surface area (Å²) < 4.78 is 0. The highest BCUT2D eigenvalue weighted by Crippen LogP contribution is 2.28. The summed E-state index contributed by atoms with van der Waals surface area (Å²) in [7, 11) is 0. The van der Waals surface area contributed by atoms with Gasteiger partial charge in [0, 0.05) is 17.0 Å². The van der Waals surface area contributed by atoms with Crippen LogP contribution in [0.2, 0.25) is 0 Å². The number of hydrogen-bond donors (Lipinski definition) is 1. The van der Waals surface area contributed by atoms with Crippen molar-refractivity contribution in [3.63, 3.8) is 0 Å². The fourth-order valence-corrected chi connectivity index (χ4v) is 5.47. The van der Waals surface area contributed by atoms with Gasteiger partial charge in [-0.3, -0.25) is 24.2 Å². The zero-order valence-corrected chi connectivity index (χ0v) is 19.0. The minimum absolute atomic E-state index is 0.138. The zero-order valence-electron chi connectivity index (χ0n) is 18.2. The minimum atomic E-state index is -0.296. The Balaban J connectivity index is 1.27. The molecule has 2 aliphatic rings. The molecule has 1 aromatic heterocycles. The molecule has 3 heterocycles. The summed E-state index contributed by atoms with van der Waals surface area (Å²) in [6.45, 7) is 2.78. The number of carbonyl (C=O) groups excluding carboxylic acids is 3. The Bertz CT molecular complexity index is 1150. The number of fused-ring (bicyclic) bond motifs is 1. The number of likely N-dealkylation sites (tertiary alicyclic amines) is 1. The van der Waals surface area contributed by atoms with Crippen LogP contribution < -0.4 is 5.32 Å². The van der Waals surface area contributed by atoms with E-state index in [-0.39, 0.29) is 30.3 Å². The number of imide groups is 1. The SMILES string of the molecule is O=C(NCC(c1cccs1)N1CCCC1)c1cccc(CN2C(=O)c3ccccc3C2=O)c1. The molecule has 0 aliphatic carbocycles. The van der Waals surface area contributed by atoms with Crippen LogP contribution >= 0.6 is 11.3 Å². The quantitative estimate of drug-likeness (QED) is 0.540. The molecular formula is C26H25N3O3S. The Morgan fingerprint density at radius 3 is 2.33 bits per heavy atom. The first-order valence-electron chi connectivity index (χ1n) is 11.2. The highest BCUT2D eigenvalue weighted by atomic mass is 32.1. The molecule has 1 fully saturated rings. The summed E-state index contributed by atoms with van der Waals surface area (Å²) in [6.07, 6.45) is 2.38. The molecule has 1 N–H and O–H groups in total. The van der Waals surface area contributed by atoms with Crippen LogP contribution in [0.4, 0.5) is 0 Å². The molecule has 2 aliphatic heterocycles. The van der Waals surface area contributed by atoms with Crippen molar-refractivity contribution in [1.82, 2.24) is 15.1 Å². The molecule has 0 radical (unpaired) electrons. The van der Waals surface area contributed by atoms with Crippen LogP contribution in [-0.2, 0) is 6.54 Å². The molecule has 6 nitrogen and oxygen atoms in total. The Morgan fingerprint density at radius 2 is 1.67 bits per heavy atom. The summed E-state index contributed by atoms with van der Waals surface area (Å²) in [6, 6.07) is 18.3.